The molecule has 0 N–H and O–H groups in total. The van der Waals surface area contributed by atoms with Crippen molar-refractivity contribution in [2.24, 2.45) is 10.8 Å². The lowest BCUT2D eigenvalue weighted by Crippen LogP contribution is -2.61. The van der Waals surface area contributed by atoms with E-state index in [0.717, 1.165) is 13.1 Å². The lowest BCUT2D eigenvalue weighted by Gasteiger charge is -2.39. The van der Waals surface area contributed by atoms with E-state index >= 15 is 0 Å². The first-order chi connectivity index (χ1) is 14.3. The lowest BCUT2D eigenvalue weighted by molar-refractivity contribution is 0.425. The van der Waals surface area contributed by atoms with E-state index < -0.39 is 9.12 Å². The molecule has 2 aromatic carbocycles. The average Bonchev–Trinajstić information content (AvgIpc) is 2.91. The molecule has 169 valence electrons. The average molecular weight is 438 g/mol. The van der Waals surface area contributed by atoms with Crippen molar-refractivity contribution in [2.75, 3.05) is 60.2 Å². The van der Waals surface area contributed by atoms with Crippen LogP contribution in [0.5, 0.6) is 0 Å². The first-order valence-electron chi connectivity index (χ1n) is 11.3. The molecule has 0 saturated carbocycles. The second-order valence-corrected chi connectivity index (χ2v) is 13.8. The van der Waals surface area contributed by atoms with Crippen LogP contribution in [0.25, 0.3) is 0 Å². The molecule has 0 spiro atoms. The van der Waals surface area contributed by atoms with Gasteiger partial charge in [0.25, 0.3) is 0 Å². The Hall–Kier alpha value is -2.14. The molecule has 3 rings (SSSR count). The van der Waals surface area contributed by atoms with Gasteiger partial charge in [-0.1, -0.05) is 59.7 Å². The van der Waals surface area contributed by atoms with Gasteiger partial charge in [0.1, 0.15) is 0 Å². The van der Waals surface area contributed by atoms with E-state index in [0.29, 0.717) is 0 Å². The Balaban J connectivity index is 2.31. The van der Waals surface area contributed by atoms with Gasteiger partial charge in [0, 0.05) is 57.8 Å². The summed E-state index contributed by atoms with van der Waals surface area (Å²) in [4.78, 5) is 4.57. The number of fused-ring (bicyclic) bond motifs is 1. The summed E-state index contributed by atoms with van der Waals surface area (Å²) >= 11 is 0. The highest BCUT2D eigenvalue weighted by molar-refractivity contribution is 6.84. The summed E-state index contributed by atoms with van der Waals surface area (Å²) in [5.41, 5.74) is 5.82. The summed E-state index contributed by atoms with van der Waals surface area (Å²) in [6, 6.07) is 15.8. The van der Waals surface area contributed by atoms with Gasteiger partial charge < -0.3 is 18.9 Å². The molecular weight excluding hydrogens is 396 g/mol. The van der Waals surface area contributed by atoms with Crippen LogP contribution in [-0.2, 0) is 0 Å². The maximum atomic E-state index is 2.74. The Labute approximate surface area is 192 Å². The van der Waals surface area contributed by atoms with Gasteiger partial charge in [-0.05, 0) is 35.1 Å². The fourth-order valence-electron chi connectivity index (χ4n) is 4.34. The first-order valence-corrected chi connectivity index (χ1v) is 12.7. The van der Waals surface area contributed by atoms with Crippen LogP contribution in [0.1, 0.15) is 41.5 Å². The Morgan fingerprint density at radius 1 is 0.645 bits per heavy atom. The van der Waals surface area contributed by atoms with Gasteiger partial charge in [0.15, 0.2) is 0 Å². The predicted molar refractivity (Wildman–Crippen MR) is 141 cm³/mol. The highest BCUT2D eigenvalue weighted by Crippen LogP contribution is 2.42. The molecule has 0 aromatic heterocycles. The van der Waals surface area contributed by atoms with E-state index in [-0.39, 0.29) is 10.8 Å². The monoisotopic (exact) mass is 437 g/mol. The third-order valence-electron chi connectivity index (χ3n) is 5.45. The molecular formula is C26H41N4Si. The van der Waals surface area contributed by atoms with Crippen molar-refractivity contribution < 1.29 is 0 Å². The number of rotatable bonds is 5. The number of hydrogen-bond acceptors (Lipinski definition) is 4. The van der Waals surface area contributed by atoms with Crippen LogP contribution in [-0.4, -0.2) is 50.4 Å². The molecule has 0 unspecified atom stereocenters. The van der Waals surface area contributed by atoms with Crippen molar-refractivity contribution in [2.45, 2.75) is 41.5 Å². The zero-order chi connectivity index (χ0) is 23.1. The van der Waals surface area contributed by atoms with Crippen molar-refractivity contribution >= 4 is 37.1 Å². The molecule has 1 heterocycles. The molecule has 1 radical (unpaired) electrons. The topological polar surface area (TPSA) is 13.0 Å². The van der Waals surface area contributed by atoms with Gasteiger partial charge in [0.2, 0.25) is 0 Å². The predicted octanol–water partition coefficient (Wildman–Crippen LogP) is 4.93. The smallest absolute Gasteiger partial charge is 0.340 e. The van der Waals surface area contributed by atoms with E-state index in [9.17, 15) is 0 Å². The molecule has 1 aliphatic rings. The molecule has 0 aliphatic carbocycles. The summed E-state index contributed by atoms with van der Waals surface area (Å²) in [6.45, 7) is 16.2. The Morgan fingerprint density at radius 3 is 1.35 bits per heavy atom. The van der Waals surface area contributed by atoms with Crippen LogP contribution in [0.15, 0.2) is 42.5 Å². The van der Waals surface area contributed by atoms with E-state index in [1.807, 2.05) is 0 Å². The van der Waals surface area contributed by atoms with Gasteiger partial charge in [0.05, 0.1) is 11.4 Å². The zero-order valence-corrected chi connectivity index (χ0v) is 22.2. The minimum Gasteiger partial charge on any atom is -0.378 e. The third-order valence-corrected chi connectivity index (χ3v) is 8.23. The third kappa shape index (κ3) is 5.03. The molecule has 0 amide bonds. The van der Waals surface area contributed by atoms with Crippen LogP contribution < -0.4 is 24.1 Å². The molecule has 0 fully saturated rings. The molecule has 1 aliphatic heterocycles. The minimum absolute atomic E-state index is 0.201. The fourth-order valence-corrected chi connectivity index (χ4v) is 8.32. The Morgan fingerprint density at radius 2 is 1.03 bits per heavy atom. The summed E-state index contributed by atoms with van der Waals surface area (Å²) in [6.07, 6.45) is 0. The molecule has 0 bridgehead atoms. The molecule has 5 heteroatoms. The van der Waals surface area contributed by atoms with Crippen LogP contribution in [0, 0.1) is 10.8 Å². The highest BCUT2D eigenvalue weighted by atomic mass is 28.3. The molecule has 0 atom stereocenters. The van der Waals surface area contributed by atoms with Gasteiger partial charge >= 0.3 is 9.12 Å². The minimum atomic E-state index is -1.25. The standard InChI is InChI=1S/C26H41N4Si/c1-25(2,3)18-29-20-14-11-12-15-21(20)30(19-26(4,5)6)31(29)24-22(27(7)8)16-13-17-23(24)28(9)10/h11-17H,18-19H2,1-10H3. The second-order valence-electron chi connectivity index (χ2n) is 11.6. The van der Waals surface area contributed by atoms with Crippen molar-refractivity contribution in [3.05, 3.63) is 42.5 Å². The Bertz CT molecular complexity index is 839. The van der Waals surface area contributed by atoms with Crippen LogP contribution >= 0.6 is 0 Å². The van der Waals surface area contributed by atoms with Gasteiger partial charge in [-0.15, -0.1) is 0 Å². The maximum absolute atomic E-state index is 2.74. The summed E-state index contributed by atoms with van der Waals surface area (Å²) < 4.78 is 5.47. The van der Waals surface area contributed by atoms with Crippen molar-refractivity contribution in [3.8, 4) is 0 Å². The second kappa shape index (κ2) is 8.42. The lowest BCUT2D eigenvalue weighted by atomic mass is 9.96. The van der Waals surface area contributed by atoms with Crippen molar-refractivity contribution in [1.29, 1.82) is 0 Å². The first kappa shape index (κ1) is 23.5. The Kier molecular flexibility index (Phi) is 6.39. The van der Waals surface area contributed by atoms with E-state index in [1.54, 1.807) is 0 Å². The maximum Gasteiger partial charge on any atom is 0.340 e. The number of benzene rings is 2. The van der Waals surface area contributed by atoms with Gasteiger partial charge in [-0.25, -0.2) is 0 Å². The zero-order valence-electron chi connectivity index (χ0n) is 21.2. The summed E-state index contributed by atoms with van der Waals surface area (Å²) in [7, 11) is 7.43. The largest absolute Gasteiger partial charge is 0.378 e. The SMILES string of the molecule is CN(C)c1cccc(N(C)C)c1[Si]1N(CC(C)(C)C)c2ccccc2N1CC(C)(C)C. The number of para-hydroxylation sites is 2. The van der Waals surface area contributed by atoms with E-state index in [2.05, 4.69) is 131 Å². The molecule has 2 aromatic rings. The molecule has 4 nitrogen and oxygen atoms in total. The summed E-state index contributed by atoms with van der Waals surface area (Å²) in [5, 5.41) is 1.48. The fraction of sp³-hybridized carbons (Fsp3) is 0.538. The van der Waals surface area contributed by atoms with Crippen molar-refractivity contribution in [3.63, 3.8) is 0 Å². The normalized spacial score (nSPS) is 14.8. The highest BCUT2D eigenvalue weighted by Gasteiger charge is 2.45. The van der Waals surface area contributed by atoms with Crippen LogP contribution in [0.3, 0.4) is 0 Å². The van der Waals surface area contributed by atoms with Crippen LogP contribution in [0.4, 0.5) is 22.7 Å². The van der Waals surface area contributed by atoms with Gasteiger partial charge in [-0.3, -0.25) is 0 Å². The van der Waals surface area contributed by atoms with Crippen LogP contribution in [0.2, 0.25) is 0 Å². The number of anilines is 4. The van der Waals surface area contributed by atoms with E-state index in [1.165, 1.54) is 27.9 Å². The molecule has 31 heavy (non-hydrogen) atoms. The summed E-state index contributed by atoms with van der Waals surface area (Å²) in [5.74, 6) is 0. The number of hydrogen-bond donors (Lipinski definition) is 0. The molecule has 0 saturated heterocycles. The van der Waals surface area contributed by atoms with E-state index in [4.69, 9.17) is 0 Å². The quantitative estimate of drug-likeness (QED) is 0.615. The van der Waals surface area contributed by atoms with Crippen molar-refractivity contribution in [1.82, 2.24) is 0 Å². The van der Waals surface area contributed by atoms with Gasteiger partial charge in [-0.2, -0.15) is 0 Å². The number of nitrogens with zero attached hydrogens (tertiary/aromatic N) is 4.